The number of amides is 1. The molecule has 4 rings (SSSR count). The third-order valence-electron chi connectivity index (χ3n) is 5.66. The SMILES string of the molecule is CCOc1ccc(/C(O)=C2/C(=O)C(=O)N(c3ccc(C)c(Cl)c3)C2c2ccccn2)c(OCC)c1. The van der Waals surface area contributed by atoms with Gasteiger partial charge in [0.25, 0.3) is 11.7 Å². The first kappa shape index (κ1) is 24.3. The smallest absolute Gasteiger partial charge is 0.300 e. The van der Waals surface area contributed by atoms with E-state index < -0.39 is 17.7 Å². The van der Waals surface area contributed by atoms with Gasteiger partial charge in [0.05, 0.1) is 30.0 Å². The number of ether oxygens (including phenoxy) is 2. The lowest BCUT2D eigenvalue weighted by Crippen LogP contribution is -2.29. The van der Waals surface area contributed by atoms with E-state index in [0.717, 1.165) is 5.56 Å². The van der Waals surface area contributed by atoms with Crippen molar-refractivity contribution < 1.29 is 24.2 Å². The fraction of sp³-hybridized carbons (Fsp3) is 0.222. The summed E-state index contributed by atoms with van der Waals surface area (Å²) in [4.78, 5) is 32.3. The molecule has 2 aromatic carbocycles. The number of ketones is 1. The molecule has 1 amide bonds. The number of anilines is 1. The van der Waals surface area contributed by atoms with Crippen LogP contribution in [0, 0.1) is 6.92 Å². The van der Waals surface area contributed by atoms with Crippen molar-refractivity contribution in [2.45, 2.75) is 26.8 Å². The zero-order chi connectivity index (χ0) is 25.1. The van der Waals surface area contributed by atoms with Crippen LogP contribution in [-0.2, 0) is 9.59 Å². The van der Waals surface area contributed by atoms with Crippen LogP contribution in [0.3, 0.4) is 0 Å². The molecule has 7 nitrogen and oxygen atoms in total. The number of aliphatic hydroxyl groups is 1. The van der Waals surface area contributed by atoms with Crippen LogP contribution in [0.15, 0.2) is 66.4 Å². The van der Waals surface area contributed by atoms with E-state index in [4.69, 9.17) is 21.1 Å². The number of hydrogen-bond donors (Lipinski definition) is 1. The predicted molar refractivity (Wildman–Crippen MR) is 134 cm³/mol. The summed E-state index contributed by atoms with van der Waals surface area (Å²) in [7, 11) is 0. The summed E-state index contributed by atoms with van der Waals surface area (Å²) in [5, 5.41) is 11.9. The van der Waals surface area contributed by atoms with Crippen molar-refractivity contribution in [1.82, 2.24) is 4.98 Å². The normalized spacial score (nSPS) is 17.0. The summed E-state index contributed by atoms with van der Waals surface area (Å²) in [5.74, 6) is -1.08. The molecule has 1 fully saturated rings. The minimum absolute atomic E-state index is 0.0875. The van der Waals surface area contributed by atoms with Crippen LogP contribution in [0.4, 0.5) is 5.69 Å². The highest BCUT2D eigenvalue weighted by atomic mass is 35.5. The van der Waals surface area contributed by atoms with E-state index in [1.54, 1.807) is 60.8 Å². The van der Waals surface area contributed by atoms with Crippen molar-refractivity contribution in [3.8, 4) is 11.5 Å². The molecule has 8 heteroatoms. The van der Waals surface area contributed by atoms with Crippen molar-refractivity contribution in [1.29, 1.82) is 0 Å². The number of benzene rings is 2. The van der Waals surface area contributed by atoms with Crippen LogP contribution in [0.1, 0.15) is 36.7 Å². The first-order chi connectivity index (χ1) is 16.9. The van der Waals surface area contributed by atoms with Gasteiger partial charge in [-0.05, 0) is 62.7 Å². The molecule has 0 radical (unpaired) electrons. The standard InChI is InChI=1S/C27H25ClN2O5/c1-4-34-18-11-12-19(22(15-18)35-5-2)25(31)23-24(21-8-6-7-13-29-21)30(27(33)26(23)32)17-10-9-16(3)20(28)14-17/h6-15,24,31H,4-5H2,1-3H3/b25-23-. The Hall–Kier alpha value is -3.84. The van der Waals surface area contributed by atoms with E-state index in [1.165, 1.54) is 4.90 Å². The Morgan fingerprint density at radius 1 is 1.06 bits per heavy atom. The molecule has 1 atom stereocenters. The Bertz CT molecular complexity index is 1310. The molecule has 3 aromatic rings. The Morgan fingerprint density at radius 3 is 2.49 bits per heavy atom. The molecule has 2 heterocycles. The van der Waals surface area contributed by atoms with Gasteiger partial charge in [-0.15, -0.1) is 0 Å². The van der Waals surface area contributed by atoms with E-state index in [9.17, 15) is 14.7 Å². The fourth-order valence-electron chi connectivity index (χ4n) is 4.02. The monoisotopic (exact) mass is 492 g/mol. The molecule has 1 N–H and O–H groups in total. The van der Waals surface area contributed by atoms with Gasteiger partial charge >= 0.3 is 0 Å². The van der Waals surface area contributed by atoms with E-state index in [-0.39, 0.29) is 16.9 Å². The lowest BCUT2D eigenvalue weighted by atomic mass is 9.97. The van der Waals surface area contributed by atoms with Gasteiger partial charge in [-0.25, -0.2) is 0 Å². The largest absolute Gasteiger partial charge is 0.507 e. The first-order valence-corrected chi connectivity index (χ1v) is 11.6. The highest BCUT2D eigenvalue weighted by Gasteiger charge is 2.48. The number of aliphatic hydroxyl groups excluding tert-OH is 1. The van der Waals surface area contributed by atoms with Crippen LogP contribution in [0.25, 0.3) is 5.76 Å². The Morgan fingerprint density at radius 2 is 1.83 bits per heavy atom. The van der Waals surface area contributed by atoms with Crippen LogP contribution >= 0.6 is 11.6 Å². The third kappa shape index (κ3) is 4.59. The van der Waals surface area contributed by atoms with Gasteiger partial charge in [0.15, 0.2) is 0 Å². The van der Waals surface area contributed by atoms with Gasteiger partial charge < -0.3 is 14.6 Å². The predicted octanol–water partition coefficient (Wildman–Crippen LogP) is 5.47. The van der Waals surface area contributed by atoms with Crippen LogP contribution in [0.2, 0.25) is 5.02 Å². The van der Waals surface area contributed by atoms with Crippen LogP contribution in [0.5, 0.6) is 11.5 Å². The lowest BCUT2D eigenvalue weighted by Gasteiger charge is -2.25. The zero-order valence-corrected chi connectivity index (χ0v) is 20.4. The molecule has 1 saturated heterocycles. The second-order valence-corrected chi connectivity index (χ2v) is 8.29. The van der Waals surface area contributed by atoms with E-state index >= 15 is 0 Å². The number of pyridine rings is 1. The Balaban J connectivity index is 1.93. The molecule has 180 valence electrons. The maximum Gasteiger partial charge on any atom is 0.300 e. The molecule has 1 aliphatic rings. The Kier molecular flexibility index (Phi) is 7.07. The minimum Gasteiger partial charge on any atom is -0.507 e. The van der Waals surface area contributed by atoms with Crippen LogP contribution < -0.4 is 14.4 Å². The van der Waals surface area contributed by atoms with Gasteiger partial charge in [-0.1, -0.05) is 23.7 Å². The van der Waals surface area contributed by atoms with Gasteiger partial charge in [0, 0.05) is 23.0 Å². The highest BCUT2D eigenvalue weighted by Crippen LogP contribution is 2.43. The number of nitrogens with zero attached hydrogens (tertiary/aromatic N) is 2. The van der Waals surface area contributed by atoms with Gasteiger partial charge in [-0.2, -0.15) is 0 Å². The van der Waals surface area contributed by atoms with Gasteiger partial charge in [0.1, 0.15) is 23.3 Å². The van der Waals surface area contributed by atoms with Crippen molar-refractivity contribution >= 4 is 34.7 Å². The summed E-state index contributed by atoms with van der Waals surface area (Å²) in [6.45, 7) is 6.30. The molecule has 0 bridgehead atoms. The molecule has 0 spiro atoms. The van der Waals surface area contributed by atoms with E-state index in [2.05, 4.69) is 4.98 Å². The third-order valence-corrected chi connectivity index (χ3v) is 6.07. The van der Waals surface area contributed by atoms with E-state index in [1.807, 2.05) is 20.8 Å². The summed E-state index contributed by atoms with van der Waals surface area (Å²) < 4.78 is 11.3. The number of carbonyl (C=O) groups is 2. The number of hydrogen-bond acceptors (Lipinski definition) is 6. The maximum absolute atomic E-state index is 13.3. The van der Waals surface area contributed by atoms with Gasteiger partial charge in [-0.3, -0.25) is 19.5 Å². The molecular weight excluding hydrogens is 468 g/mol. The second-order valence-electron chi connectivity index (χ2n) is 7.88. The molecular formula is C27H25ClN2O5. The number of Topliss-reactive ketones (excluding diaryl/α,β-unsaturated/α-hetero) is 1. The number of rotatable bonds is 7. The molecule has 0 saturated carbocycles. The van der Waals surface area contributed by atoms with Gasteiger partial charge in [0.2, 0.25) is 0 Å². The van der Waals surface area contributed by atoms with Crippen molar-refractivity contribution in [3.05, 3.63) is 88.2 Å². The fourth-order valence-corrected chi connectivity index (χ4v) is 4.20. The lowest BCUT2D eigenvalue weighted by molar-refractivity contribution is -0.132. The summed E-state index contributed by atoms with van der Waals surface area (Å²) in [6.07, 6.45) is 1.57. The number of halogens is 1. The molecule has 1 aliphatic heterocycles. The first-order valence-electron chi connectivity index (χ1n) is 11.2. The zero-order valence-electron chi connectivity index (χ0n) is 19.6. The van der Waals surface area contributed by atoms with Crippen molar-refractivity contribution in [2.75, 3.05) is 18.1 Å². The summed E-state index contributed by atoms with van der Waals surface area (Å²) >= 11 is 6.33. The average Bonchev–Trinajstić information content (AvgIpc) is 3.12. The average molecular weight is 493 g/mol. The highest BCUT2D eigenvalue weighted by molar-refractivity contribution is 6.51. The quantitative estimate of drug-likeness (QED) is 0.267. The number of carbonyl (C=O) groups excluding carboxylic acids is 2. The van der Waals surface area contributed by atoms with Crippen molar-refractivity contribution in [3.63, 3.8) is 0 Å². The topological polar surface area (TPSA) is 89.0 Å². The van der Waals surface area contributed by atoms with Crippen LogP contribution in [-0.4, -0.2) is 35.0 Å². The molecule has 1 aromatic heterocycles. The molecule has 35 heavy (non-hydrogen) atoms. The second kappa shape index (κ2) is 10.2. The maximum atomic E-state index is 13.3. The van der Waals surface area contributed by atoms with Crippen molar-refractivity contribution in [2.24, 2.45) is 0 Å². The summed E-state index contributed by atoms with van der Waals surface area (Å²) in [6, 6.07) is 14.3. The molecule has 0 aliphatic carbocycles. The number of aromatic nitrogens is 1. The Labute approximate surface area is 208 Å². The molecule has 1 unspecified atom stereocenters. The summed E-state index contributed by atoms with van der Waals surface area (Å²) in [5.41, 5.74) is 1.87. The van der Waals surface area contributed by atoms with E-state index in [0.29, 0.717) is 41.1 Å². The number of aryl methyl sites for hydroxylation is 1. The minimum atomic E-state index is -0.962.